The molecule has 0 bridgehead atoms. The van der Waals surface area contributed by atoms with Crippen LogP contribution < -0.4 is 4.74 Å². The van der Waals surface area contributed by atoms with E-state index in [0.717, 1.165) is 0 Å². The highest BCUT2D eigenvalue weighted by atomic mass is 32.2. The highest BCUT2D eigenvalue weighted by molar-refractivity contribution is 7.89. The molecule has 2 aliphatic rings. The number of carbonyl (C=O) groups is 1. The third kappa shape index (κ3) is 2.74. The summed E-state index contributed by atoms with van der Waals surface area (Å²) in [5, 5.41) is 6.28. The van der Waals surface area contributed by atoms with Crippen LogP contribution in [0.5, 0.6) is 5.75 Å². The molecular weight excluding hydrogens is 358 g/mol. The standard InChI is InChI=1S/C16H19N5O4S/c1-20-11-6-8-21(16(22)15-17-10-18-19-15)9-7-12(11)25-13-4-2-3-5-14(13)26(20,23)24/h2-5,10-12H,6-9H2,1H3,(H,17,18,19)/t11-,12-/m1/s1. The Morgan fingerprint density at radius 2 is 2.04 bits per heavy atom. The first-order valence-electron chi connectivity index (χ1n) is 8.37. The fourth-order valence-corrected chi connectivity index (χ4v) is 5.06. The maximum Gasteiger partial charge on any atom is 0.291 e. The third-order valence-corrected chi connectivity index (χ3v) is 6.89. The summed E-state index contributed by atoms with van der Waals surface area (Å²) in [5.74, 6) is 0.297. The molecule has 10 heteroatoms. The number of likely N-dealkylation sites (tertiary alicyclic amines) is 1. The minimum absolute atomic E-state index is 0.180. The maximum absolute atomic E-state index is 12.9. The minimum Gasteiger partial charge on any atom is -0.487 e. The molecule has 138 valence electrons. The number of para-hydroxylation sites is 1. The normalized spacial score (nSPS) is 25.3. The molecule has 2 aliphatic heterocycles. The highest BCUT2D eigenvalue weighted by Crippen LogP contribution is 2.35. The highest BCUT2D eigenvalue weighted by Gasteiger charge is 2.41. The van der Waals surface area contributed by atoms with Crippen LogP contribution in [0, 0.1) is 0 Å². The van der Waals surface area contributed by atoms with Gasteiger partial charge >= 0.3 is 0 Å². The van der Waals surface area contributed by atoms with Crippen molar-refractivity contribution in [3.8, 4) is 5.75 Å². The van der Waals surface area contributed by atoms with Gasteiger partial charge in [-0.15, -0.1) is 0 Å². The molecule has 2 atom stereocenters. The summed E-state index contributed by atoms with van der Waals surface area (Å²) >= 11 is 0. The van der Waals surface area contributed by atoms with Crippen molar-refractivity contribution < 1.29 is 17.9 Å². The van der Waals surface area contributed by atoms with Crippen LogP contribution in [0.15, 0.2) is 35.5 Å². The lowest BCUT2D eigenvalue weighted by Crippen LogP contribution is -2.44. The molecule has 0 aliphatic carbocycles. The Hall–Kier alpha value is -2.46. The summed E-state index contributed by atoms with van der Waals surface area (Å²) in [7, 11) is -2.07. The zero-order chi connectivity index (χ0) is 18.3. The Labute approximate surface area is 151 Å². The van der Waals surface area contributed by atoms with Gasteiger partial charge in [-0.05, 0) is 18.6 Å². The van der Waals surface area contributed by atoms with Gasteiger partial charge in [-0.1, -0.05) is 12.1 Å². The van der Waals surface area contributed by atoms with E-state index in [1.54, 1.807) is 36.2 Å². The molecule has 0 spiro atoms. The van der Waals surface area contributed by atoms with Gasteiger partial charge in [0.15, 0.2) is 0 Å². The summed E-state index contributed by atoms with van der Waals surface area (Å²) in [6, 6.07) is 6.33. The molecule has 0 unspecified atom stereocenters. The van der Waals surface area contributed by atoms with Gasteiger partial charge < -0.3 is 9.64 Å². The van der Waals surface area contributed by atoms with Gasteiger partial charge in [-0.3, -0.25) is 9.89 Å². The largest absolute Gasteiger partial charge is 0.487 e. The molecule has 2 aromatic rings. The van der Waals surface area contributed by atoms with Crippen molar-refractivity contribution in [2.45, 2.75) is 29.9 Å². The monoisotopic (exact) mass is 377 g/mol. The number of likely N-dealkylation sites (N-methyl/N-ethyl adjacent to an activating group) is 1. The first-order chi connectivity index (χ1) is 12.5. The molecule has 3 heterocycles. The van der Waals surface area contributed by atoms with Crippen LogP contribution in [0.2, 0.25) is 0 Å². The topological polar surface area (TPSA) is 108 Å². The minimum atomic E-state index is -3.65. The van der Waals surface area contributed by atoms with Crippen LogP contribution >= 0.6 is 0 Å². The van der Waals surface area contributed by atoms with Crippen LogP contribution in [0.25, 0.3) is 0 Å². The smallest absolute Gasteiger partial charge is 0.291 e. The Bertz CT molecular complexity index is 914. The van der Waals surface area contributed by atoms with Crippen molar-refractivity contribution in [3.63, 3.8) is 0 Å². The molecule has 4 rings (SSSR count). The second kappa shape index (κ2) is 6.36. The molecule has 0 saturated carbocycles. The zero-order valence-electron chi connectivity index (χ0n) is 14.2. The number of amides is 1. The molecule has 1 aromatic heterocycles. The fraction of sp³-hybridized carbons (Fsp3) is 0.438. The lowest BCUT2D eigenvalue weighted by molar-refractivity contribution is 0.0743. The van der Waals surface area contributed by atoms with E-state index in [9.17, 15) is 13.2 Å². The Morgan fingerprint density at radius 1 is 1.27 bits per heavy atom. The van der Waals surface area contributed by atoms with Gasteiger partial charge in [0.05, 0.1) is 6.04 Å². The Kier molecular flexibility index (Phi) is 4.16. The van der Waals surface area contributed by atoms with Gasteiger partial charge in [0.1, 0.15) is 23.1 Å². The van der Waals surface area contributed by atoms with Crippen LogP contribution in [-0.4, -0.2) is 71.0 Å². The number of nitrogens with one attached hydrogen (secondary N) is 1. The van der Waals surface area contributed by atoms with Gasteiger partial charge in [0.2, 0.25) is 15.8 Å². The second-order valence-electron chi connectivity index (χ2n) is 6.40. The van der Waals surface area contributed by atoms with E-state index in [-0.39, 0.29) is 28.8 Å². The molecule has 26 heavy (non-hydrogen) atoms. The van der Waals surface area contributed by atoms with Gasteiger partial charge in [-0.2, -0.15) is 9.40 Å². The average molecular weight is 377 g/mol. The number of rotatable bonds is 1. The van der Waals surface area contributed by atoms with Crippen LogP contribution in [-0.2, 0) is 10.0 Å². The predicted molar refractivity (Wildman–Crippen MR) is 91.1 cm³/mol. The van der Waals surface area contributed by atoms with Crippen molar-refractivity contribution in [2.24, 2.45) is 0 Å². The number of hydrogen-bond acceptors (Lipinski definition) is 6. The molecule has 9 nitrogen and oxygen atoms in total. The molecule has 1 fully saturated rings. The number of aromatic nitrogens is 3. The van der Waals surface area contributed by atoms with Crippen molar-refractivity contribution in [2.75, 3.05) is 20.1 Å². The summed E-state index contributed by atoms with van der Waals surface area (Å²) in [6.45, 7) is 0.872. The number of carbonyl (C=O) groups excluding carboxylic acids is 1. The molecule has 1 aromatic carbocycles. The Balaban J connectivity index is 1.63. The van der Waals surface area contributed by atoms with Crippen molar-refractivity contribution >= 4 is 15.9 Å². The van der Waals surface area contributed by atoms with Crippen LogP contribution in [0.1, 0.15) is 23.5 Å². The maximum atomic E-state index is 12.9. The fourth-order valence-electron chi connectivity index (χ4n) is 3.53. The lowest BCUT2D eigenvalue weighted by atomic mass is 10.1. The number of sulfonamides is 1. The van der Waals surface area contributed by atoms with Gasteiger partial charge in [0.25, 0.3) is 5.91 Å². The number of fused-ring (bicyclic) bond motifs is 2. The molecule has 0 radical (unpaired) electrons. The molecule has 1 amide bonds. The van der Waals surface area contributed by atoms with Crippen molar-refractivity contribution in [1.29, 1.82) is 0 Å². The Morgan fingerprint density at radius 3 is 2.81 bits per heavy atom. The van der Waals surface area contributed by atoms with E-state index in [2.05, 4.69) is 15.2 Å². The quantitative estimate of drug-likeness (QED) is 0.775. The van der Waals surface area contributed by atoms with Crippen LogP contribution in [0.3, 0.4) is 0 Å². The summed E-state index contributed by atoms with van der Waals surface area (Å²) in [4.78, 5) is 18.3. The first kappa shape index (κ1) is 17.0. The summed E-state index contributed by atoms with van der Waals surface area (Å²) < 4.78 is 33.3. The third-order valence-electron chi connectivity index (χ3n) is 4.96. The van der Waals surface area contributed by atoms with E-state index in [0.29, 0.717) is 31.7 Å². The van der Waals surface area contributed by atoms with E-state index in [1.165, 1.54) is 10.6 Å². The zero-order valence-corrected chi connectivity index (χ0v) is 15.0. The van der Waals surface area contributed by atoms with E-state index < -0.39 is 10.0 Å². The van der Waals surface area contributed by atoms with E-state index in [1.807, 2.05) is 0 Å². The number of H-pyrrole nitrogens is 1. The van der Waals surface area contributed by atoms with Gasteiger partial charge in [-0.25, -0.2) is 13.4 Å². The summed E-state index contributed by atoms with van der Waals surface area (Å²) in [6.07, 6.45) is 1.97. The number of hydrogen-bond donors (Lipinski definition) is 1. The molecular formula is C16H19N5O4S. The van der Waals surface area contributed by atoms with E-state index >= 15 is 0 Å². The van der Waals surface area contributed by atoms with Crippen molar-refractivity contribution in [1.82, 2.24) is 24.4 Å². The molecule has 1 N–H and O–H groups in total. The average Bonchev–Trinajstić information content (AvgIpc) is 3.07. The summed E-state index contributed by atoms with van der Waals surface area (Å²) in [5.41, 5.74) is 0. The SMILES string of the molecule is CN1[C@@H]2CCN(C(=O)c3ncn[nH]3)CC[C@H]2Oc2ccccc2S1(=O)=O. The van der Waals surface area contributed by atoms with Gasteiger partial charge in [0, 0.05) is 26.6 Å². The van der Waals surface area contributed by atoms with Crippen molar-refractivity contribution in [3.05, 3.63) is 36.4 Å². The molecule has 1 saturated heterocycles. The number of benzene rings is 1. The number of ether oxygens (including phenoxy) is 1. The van der Waals surface area contributed by atoms with Crippen LogP contribution in [0.4, 0.5) is 0 Å². The lowest BCUT2D eigenvalue weighted by Gasteiger charge is -2.28. The number of nitrogens with zero attached hydrogens (tertiary/aromatic N) is 4. The predicted octanol–water partition coefficient (Wildman–Crippen LogP) is 0.491. The number of aromatic amines is 1. The van der Waals surface area contributed by atoms with E-state index in [4.69, 9.17) is 4.74 Å². The second-order valence-corrected chi connectivity index (χ2v) is 8.36. The first-order valence-corrected chi connectivity index (χ1v) is 9.81.